The number of hydrogen-bond donors (Lipinski definition) is 3. The van der Waals surface area contributed by atoms with Crippen molar-refractivity contribution in [2.45, 2.75) is 23.9 Å². The van der Waals surface area contributed by atoms with E-state index in [1.165, 1.54) is 7.05 Å². The molecule has 1 heterocycles. The van der Waals surface area contributed by atoms with E-state index in [1.54, 1.807) is 11.9 Å². The van der Waals surface area contributed by atoms with Crippen LogP contribution in [0.5, 0.6) is 5.75 Å². The Morgan fingerprint density at radius 2 is 1.62 bits per heavy atom. The molecule has 0 aromatic heterocycles. The van der Waals surface area contributed by atoms with E-state index in [2.05, 4.69) is 10.3 Å². The first kappa shape index (κ1) is 33.1. The van der Waals surface area contributed by atoms with E-state index in [1.807, 2.05) is 24.3 Å². The number of carboxylic acids is 1. The Kier molecular flexibility index (Phi) is 11.6. The number of carbonyl (C=O) groups excluding carboxylic acids is 1. The van der Waals surface area contributed by atoms with Crippen molar-refractivity contribution < 1.29 is 41.4 Å². The SMILES string of the molecule is CN(CCc1ccc(C2=NCCN2)cc1)C(=O)CCN(C)S(=O)(=O)c1cc(Cl)c(O)c(Cl)c1.O=C(O)C(F)(F)F. The van der Waals surface area contributed by atoms with Crippen molar-refractivity contribution >= 4 is 50.9 Å². The van der Waals surface area contributed by atoms with E-state index in [4.69, 9.17) is 33.1 Å². The minimum Gasteiger partial charge on any atom is -0.505 e. The van der Waals surface area contributed by atoms with Crippen LogP contribution in [0.25, 0.3) is 0 Å². The van der Waals surface area contributed by atoms with Crippen LogP contribution in [0.4, 0.5) is 13.2 Å². The maximum absolute atomic E-state index is 12.8. The summed E-state index contributed by atoms with van der Waals surface area (Å²) in [7, 11) is -0.847. The van der Waals surface area contributed by atoms with Crippen LogP contribution in [0, 0.1) is 0 Å². The van der Waals surface area contributed by atoms with Gasteiger partial charge in [0.05, 0.1) is 21.5 Å². The van der Waals surface area contributed by atoms with E-state index >= 15 is 0 Å². The second-order valence-corrected chi connectivity index (χ2v) is 11.4. The van der Waals surface area contributed by atoms with Crippen molar-refractivity contribution in [3.05, 3.63) is 57.6 Å². The Hall–Kier alpha value is -3.07. The second kappa shape index (κ2) is 14.0. The zero-order valence-electron chi connectivity index (χ0n) is 21.4. The molecule has 10 nitrogen and oxygen atoms in total. The van der Waals surface area contributed by atoms with E-state index in [9.17, 15) is 31.5 Å². The van der Waals surface area contributed by atoms with Crippen molar-refractivity contribution in [1.29, 1.82) is 0 Å². The van der Waals surface area contributed by atoms with Gasteiger partial charge >= 0.3 is 12.1 Å². The number of carbonyl (C=O) groups is 2. The number of amidine groups is 1. The summed E-state index contributed by atoms with van der Waals surface area (Å²) in [5.41, 5.74) is 2.14. The largest absolute Gasteiger partial charge is 0.505 e. The molecule has 1 aliphatic rings. The summed E-state index contributed by atoms with van der Waals surface area (Å²) < 4.78 is 58.3. The quantitative estimate of drug-likeness (QED) is 0.388. The summed E-state index contributed by atoms with van der Waals surface area (Å²) in [5, 5.41) is 19.7. The number of amides is 1. The van der Waals surface area contributed by atoms with Crippen LogP contribution in [0.3, 0.4) is 0 Å². The van der Waals surface area contributed by atoms with Gasteiger partial charge in [0, 0.05) is 45.7 Å². The molecule has 0 fully saturated rings. The van der Waals surface area contributed by atoms with E-state index in [0.29, 0.717) is 13.0 Å². The molecule has 0 saturated heterocycles. The topological polar surface area (TPSA) is 140 Å². The van der Waals surface area contributed by atoms with E-state index in [0.717, 1.165) is 46.5 Å². The lowest BCUT2D eigenvalue weighted by Gasteiger charge is -2.21. The molecular weight excluding hydrogens is 600 g/mol. The lowest BCUT2D eigenvalue weighted by molar-refractivity contribution is -0.192. The molecular formula is C24H27Cl2F3N4O6S. The van der Waals surface area contributed by atoms with Crippen molar-refractivity contribution in [2.75, 3.05) is 40.3 Å². The number of phenols is 1. The molecule has 3 rings (SSSR count). The number of halogens is 5. The molecule has 0 spiro atoms. The standard InChI is InChI=1S/C22H26Cl2N4O4S.C2HF3O2/c1-27(11-7-15-3-5-16(6-4-15)22-25-9-10-26-22)20(29)8-12-28(2)33(31,32)17-13-18(23)21(30)19(24)14-17;3-2(4,5)1(6)7/h3-6,13-14,30H,7-12H2,1-2H3,(H,25,26);(H,6,7). The van der Waals surface area contributed by atoms with Gasteiger partial charge in [-0.1, -0.05) is 47.5 Å². The highest BCUT2D eigenvalue weighted by molar-refractivity contribution is 7.89. The van der Waals surface area contributed by atoms with Gasteiger partial charge in [-0.05, 0) is 24.1 Å². The fraction of sp³-hybridized carbons (Fsp3) is 0.375. The van der Waals surface area contributed by atoms with Crippen LogP contribution in [-0.2, 0) is 26.0 Å². The van der Waals surface area contributed by atoms with Gasteiger partial charge in [0.25, 0.3) is 0 Å². The Labute approximate surface area is 239 Å². The second-order valence-electron chi connectivity index (χ2n) is 8.53. The Morgan fingerprint density at radius 3 is 2.10 bits per heavy atom. The summed E-state index contributed by atoms with van der Waals surface area (Å²) in [6.45, 7) is 2.15. The van der Waals surface area contributed by atoms with Gasteiger partial charge in [-0.3, -0.25) is 9.79 Å². The highest BCUT2D eigenvalue weighted by Crippen LogP contribution is 2.34. The molecule has 0 radical (unpaired) electrons. The van der Waals surface area contributed by atoms with Crippen molar-refractivity contribution in [2.24, 2.45) is 4.99 Å². The molecule has 0 unspecified atom stereocenters. The zero-order valence-corrected chi connectivity index (χ0v) is 23.7. The molecule has 220 valence electrons. The highest BCUT2D eigenvalue weighted by atomic mass is 35.5. The summed E-state index contributed by atoms with van der Waals surface area (Å²) in [5.74, 6) is -2.40. The number of carboxylic acid groups (broad SMARTS) is 1. The molecule has 0 bridgehead atoms. The average Bonchev–Trinajstić information content (AvgIpc) is 3.43. The molecule has 3 N–H and O–H groups in total. The van der Waals surface area contributed by atoms with E-state index in [-0.39, 0.29) is 39.6 Å². The number of benzene rings is 2. The van der Waals surface area contributed by atoms with Crippen LogP contribution in [0.2, 0.25) is 10.0 Å². The minimum absolute atomic E-state index is 0.00850. The number of sulfonamides is 1. The molecule has 40 heavy (non-hydrogen) atoms. The third-order valence-electron chi connectivity index (χ3n) is 5.64. The van der Waals surface area contributed by atoms with Gasteiger partial charge < -0.3 is 20.4 Å². The number of hydrogen-bond acceptors (Lipinski definition) is 7. The highest BCUT2D eigenvalue weighted by Gasteiger charge is 2.38. The third kappa shape index (κ3) is 9.25. The van der Waals surface area contributed by atoms with Gasteiger partial charge in [-0.2, -0.15) is 13.2 Å². The molecule has 0 atom stereocenters. The van der Waals surface area contributed by atoms with Crippen LogP contribution >= 0.6 is 23.2 Å². The smallest absolute Gasteiger partial charge is 0.490 e. The predicted molar refractivity (Wildman–Crippen MR) is 143 cm³/mol. The number of aliphatic imine (C=N–C) groups is 1. The van der Waals surface area contributed by atoms with E-state index < -0.39 is 22.2 Å². The molecule has 1 amide bonds. The monoisotopic (exact) mass is 626 g/mol. The van der Waals surface area contributed by atoms with Crippen LogP contribution in [0.1, 0.15) is 17.5 Å². The number of rotatable bonds is 9. The Bertz CT molecular complexity index is 1330. The number of aromatic hydroxyl groups is 1. The fourth-order valence-electron chi connectivity index (χ4n) is 3.28. The van der Waals surface area contributed by atoms with Gasteiger partial charge in [0.2, 0.25) is 15.9 Å². The number of likely N-dealkylation sites (N-methyl/N-ethyl adjacent to an activating group) is 1. The first-order chi connectivity index (χ1) is 18.5. The Balaban J connectivity index is 0.000000708. The summed E-state index contributed by atoms with van der Waals surface area (Å²) in [6, 6.07) is 10.3. The summed E-state index contributed by atoms with van der Waals surface area (Å²) >= 11 is 11.7. The van der Waals surface area contributed by atoms with Crippen LogP contribution in [0.15, 0.2) is 46.3 Å². The minimum atomic E-state index is -5.08. The van der Waals surface area contributed by atoms with Gasteiger partial charge in [-0.25, -0.2) is 17.5 Å². The fourth-order valence-corrected chi connectivity index (χ4v) is 5.12. The summed E-state index contributed by atoms with van der Waals surface area (Å²) in [4.78, 5) is 27.2. The maximum atomic E-state index is 12.8. The Morgan fingerprint density at radius 1 is 1.07 bits per heavy atom. The number of nitrogens with zero attached hydrogens (tertiary/aromatic N) is 3. The molecule has 1 aliphatic heterocycles. The lowest BCUT2D eigenvalue weighted by atomic mass is 10.1. The molecule has 0 saturated carbocycles. The van der Waals surface area contributed by atoms with Gasteiger partial charge in [0.1, 0.15) is 5.84 Å². The summed E-state index contributed by atoms with van der Waals surface area (Å²) in [6.07, 6.45) is -4.38. The van der Waals surface area contributed by atoms with Gasteiger partial charge in [-0.15, -0.1) is 0 Å². The molecule has 2 aromatic rings. The third-order valence-corrected chi connectivity index (χ3v) is 8.06. The first-order valence-corrected chi connectivity index (χ1v) is 13.8. The zero-order chi connectivity index (χ0) is 30.3. The number of alkyl halides is 3. The first-order valence-electron chi connectivity index (χ1n) is 11.6. The maximum Gasteiger partial charge on any atom is 0.490 e. The number of nitrogens with one attached hydrogen (secondary N) is 1. The average molecular weight is 627 g/mol. The van der Waals surface area contributed by atoms with Gasteiger partial charge in [0.15, 0.2) is 5.75 Å². The number of aliphatic carboxylic acids is 1. The van der Waals surface area contributed by atoms with Crippen LogP contribution < -0.4 is 5.32 Å². The van der Waals surface area contributed by atoms with Crippen LogP contribution in [-0.4, -0.2) is 92.0 Å². The lowest BCUT2D eigenvalue weighted by Crippen LogP contribution is -2.34. The molecule has 0 aliphatic carbocycles. The molecule has 16 heteroatoms. The number of phenolic OH excluding ortho intramolecular Hbond substituents is 1. The predicted octanol–water partition coefficient (Wildman–Crippen LogP) is 3.39. The van der Waals surface area contributed by atoms with Crippen molar-refractivity contribution in [3.8, 4) is 5.75 Å². The van der Waals surface area contributed by atoms with Crippen molar-refractivity contribution in [1.82, 2.24) is 14.5 Å². The molecule has 2 aromatic carbocycles. The van der Waals surface area contributed by atoms with Crippen molar-refractivity contribution in [3.63, 3.8) is 0 Å². The normalized spacial score (nSPS) is 13.2.